The van der Waals surface area contributed by atoms with Gasteiger partial charge in [0, 0.05) is 16.7 Å². The Labute approximate surface area is 111 Å². The molecule has 0 aromatic heterocycles. The summed E-state index contributed by atoms with van der Waals surface area (Å²) in [4.78, 5) is -0.0956. The van der Waals surface area contributed by atoms with Crippen LogP contribution < -0.4 is 4.74 Å². The summed E-state index contributed by atoms with van der Waals surface area (Å²) in [5, 5.41) is 0.0768. The van der Waals surface area contributed by atoms with Crippen molar-refractivity contribution in [3.05, 3.63) is 23.2 Å². The Morgan fingerprint density at radius 1 is 1.29 bits per heavy atom. The molecule has 6 heteroatoms. The topological polar surface area (TPSA) is 43.4 Å². The van der Waals surface area contributed by atoms with Crippen molar-refractivity contribution in [1.82, 2.24) is 0 Å². The highest BCUT2D eigenvalue weighted by Gasteiger charge is 2.15. The molecule has 0 unspecified atom stereocenters. The molecule has 17 heavy (non-hydrogen) atoms. The van der Waals surface area contributed by atoms with E-state index in [9.17, 15) is 8.42 Å². The molecule has 1 aromatic rings. The van der Waals surface area contributed by atoms with Crippen molar-refractivity contribution in [2.24, 2.45) is 0 Å². The Hall–Kier alpha value is -0.450. The van der Waals surface area contributed by atoms with E-state index in [1.165, 1.54) is 12.1 Å². The fourth-order valence-electron chi connectivity index (χ4n) is 1.31. The van der Waals surface area contributed by atoms with Crippen molar-refractivity contribution >= 4 is 31.3 Å². The van der Waals surface area contributed by atoms with Crippen LogP contribution in [-0.4, -0.2) is 15.0 Å². The van der Waals surface area contributed by atoms with Gasteiger partial charge in [-0.05, 0) is 18.6 Å². The fourth-order valence-corrected chi connectivity index (χ4v) is 2.83. The third-order valence-corrected chi connectivity index (χ3v) is 3.99. The van der Waals surface area contributed by atoms with E-state index in [1.807, 2.05) is 0 Å². The van der Waals surface area contributed by atoms with Gasteiger partial charge in [-0.3, -0.25) is 0 Å². The second-order valence-corrected chi connectivity index (χ2v) is 6.53. The van der Waals surface area contributed by atoms with Gasteiger partial charge in [-0.1, -0.05) is 31.4 Å². The summed E-state index contributed by atoms with van der Waals surface area (Å²) < 4.78 is 27.6. The minimum atomic E-state index is -3.79. The molecule has 0 spiro atoms. The normalized spacial score (nSPS) is 11.5. The maximum absolute atomic E-state index is 11.1. The zero-order valence-corrected chi connectivity index (χ0v) is 11.8. The molecule has 0 fully saturated rings. The SMILES string of the molecule is CCCCCOc1ccc(S(=O)(=O)Cl)c(Cl)c1. The molecule has 0 heterocycles. The Balaban J connectivity index is 2.70. The van der Waals surface area contributed by atoms with E-state index in [0.29, 0.717) is 12.4 Å². The van der Waals surface area contributed by atoms with Crippen LogP contribution in [0.1, 0.15) is 26.2 Å². The minimum Gasteiger partial charge on any atom is -0.494 e. The Bertz CT molecular complexity index is 472. The van der Waals surface area contributed by atoms with Gasteiger partial charge in [0.1, 0.15) is 10.6 Å². The molecule has 0 saturated heterocycles. The van der Waals surface area contributed by atoms with E-state index in [2.05, 4.69) is 6.92 Å². The number of unbranched alkanes of at least 4 members (excludes halogenated alkanes) is 2. The van der Waals surface area contributed by atoms with Crippen molar-refractivity contribution in [1.29, 1.82) is 0 Å². The highest BCUT2D eigenvalue weighted by molar-refractivity contribution is 8.13. The Morgan fingerprint density at radius 3 is 2.53 bits per heavy atom. The highest BCUT2D eigenvalue weighted by Crippen LogP contribution is 2.28. The molecule has 0 atom stereocenters. The van der Waals surface area contributed by atoms with Crippen molar-refractivity contribution in [3.8, 4) is 5.75 Å². The van der Waals surface area contributed by atoms with E-state index >= 15 is 0 Å². The quantitative estimate of drug-likeness (QED) is 0.592. The lowest BCUT2D eigenvalue weighted by Crippen LogP contribution is -1.98. The van der Waals surface area contributed by atoms with Crippen LogP contribution in [0, 0.1) is 0 Å². The van der Waals surface area contributed by atoms with E-state index in [0.717, 1.165) is 19.3 Å². The van der Waals surface area contributed by atoms with Gasteiger partial charge in [-0.15, -0.1) is 0 Å². The van der Waals surface area contributed by atoms with Crippen LogP contribution in [0.25, 0.3) is 0 Å². The molecule has 0 bridgehead atoms. The minimum absolute atomic E-state index is 0.0768. The Morgan fingerprint density at radius 2 is 2.00 bits per heavy atom. The largest absolute Gasteiger partial charge is 0.494 e. The third-order valence-electron chi connectivity index (χ3n) is 2.18. The molecule has 96 valence electrons. The van der Waals surface area contributed by atoms with Gasteiger partial charge >= 0.3 is 0 Å². The van der Waals surface area contributed by atoms with Gasteiger partial charge in [-0.25, -0.2) is 8.42 Å². The summed E-state index contributed by atoms with van der Waals surface area (Å²) in [6, 6.07) is 4.36. The maximum atomic E-state index is 11.1. The van der Waals surface area contributed by atoms with Gasteiger partial charge in [0.15, 0.2) is 0 Å². The second-order valence-electron chi connectivity index (χ2n) is 3.59. The maximum Gasteiger partial charge on any atom is 0.262 e. The summed E-state index contributed by atoms with van der Waals surface area (Å²) in [7, 11) is 1.41. The summed E-state index contributed by atoms with van der Waals surface area (Å²) in [6.07, 6.45) is 3.18. The molecule has 0 amide bonds. The van der Waals surface area contributed by atoms with Gasteiger partial charge in [0.25, 0.3) is 9.05 Å². The molecule has 1 rings (SSSR count). The zero-order chi connectivity index (χ0) is 12.9. The van der Waals surface area contributed by atoms with Crippen LogP contribution in [0.2, 0.25) is 5.02 Å². The first-order valence-corrected chi connectivity index (χ1v) is 8.01. The van der Waals surface area contributed by atoms with E-state index in [4.69, 9.17) is 27.0 Å². The standard InChI is InChI=1S/C11H14Cl2O3S/c1-2-3-4-7-16-9-5-6-11(10(12)8-9)17(13,14)15/h5-6,8H,2-4,7H2,1H3. The molecule has 0 aliphatic rings. The number of hydrogen-bond acceptors (Lipinski definition) is 3. The smallest absolute Gasteiger partial charge is 0.262 e. The molecule has 3 nitrogen and oxygen atoms in total. The van der Waals surface area contributed by atoms with E-state index in [1.54, 1.807) is 6.07 Å². The number of hydrogen-bond donors (Lipinski definition) is 0. The summed E-state index contributed by atoms with van der Waals surface area (Å²) in [5.41, 5.74) is 0. The first-order chi connectivity index (χ1) is 7.95. The first kappa shape index (κ1) is 14.6. The molecular weight excluding hydrogens is 283 g/mol. The predicted molar refractivity (Wildman–Crippen MR) is 69.5 cm³/mol. The van der Waals surface area contributed by atoms with Crippen molar-refractivity contribution < 1.29 is 13.2 Å². The summed E-state index contributed by atoms with van der Waals surface area (Å²) >= 11 is 5.81. The molecule has 0 N–H and O–H groups in total. The number of rotatable bonds is 6. The monoisotopic (exact) mass is 296 g/mol. The molecule has 0 radical (unpaired) electrons. The lowest BCUT2D eigenvalue weighted by atomic mass is 10.3. The van der Waals surface area contributed by atoms with Gasteiger partial charge in [-0.2, -0.15) is 0 Å². The summed E-state index contributed by atoms with van der Waals surface area (Å²) in [6.45, 7) is 2.70. The first-order valence-electron chi connectivity index (χ1n) is 5.32. The average molecular weight is 297 g/mol. The van der Waals surface area contributed by atoms with Crippen molar-refractivity contribution in [3.63, 3.8) is 0 Å². The van der Waals surface area contributed by atoms with Crippen LogP contribution in [0.3, 0.4) is 0 Å². The van der Waals surface area contributed by atoms with Crippen LogP contribution in [-0.2, 0) is 9.05 Å². The lowest BCUT2D eigenvalue weighted by Gasteiger charge is -2.07. The highest BCUT2D eigenvalue weighted by atomic mass is 35.7. The molecule has 0 aliphatic carbocycles. The van der Waals surface area contributed by atoms with Crippen LogP contribution >= 0.6 is 22.3 Å². The van der Waals surface area contributed by atoms with E-state index < -0.39 is 9.05 Å². The molecule has 0 aliphatic heterocycles. The van der Waals surface area contributed by atoms with Crippen LogP contribution in [0.5, 0.6) is 5.75 Å². The third kappa shape index (κ3) is 4.74. The van der Waals surface area contributed by atoms with Crippen molar-refractivity contribution in [2.45, 2.75) is 31.1 Å². The van der Waals surface area contributed by atoms with Crippen LogP contribution in [0.15, 0.2) is 23.1 Å². The average Bonchev–Trinajstić information content (AvgIpc) is 2.23. The molecule has 0 saturated carbocycles. The predicted octanol–water partition coefficient (Wildman–Crippen LogP) is 3.84. The van der Waals surface area contributed by atoms with Gasteiger partial charge in [0.2, 0.25) is 0 Å². The number of ether oxygens (including phenoxy) is 1. The Kier molecular flexibility index (Phi) is 5.56. The fraction of sp³-hybridized carbons (Fsp3) is 0.455. The molecular formula is C11H14Cl2O3S. The molecule has 1 aromatic carbocycles. The van der Waals surface area contributed by atoms with Crippen molar-refractivity contribution in [2.75, 3.05) is 6.61 Å². The lowest BCUT2D eigenvalue weighted by molar-refractivity contribution is 0.306. The van der Waals surface area contributed by atoms with Gasteiger partial charge < -0.3 is 4.74 Å². The van der Waals surface area contributed by atoms with Crippen LogP contribution in [0.4, 0.5) is 0 Å². The van der Waals surface area contributed by atoms with Gasteiger partial charge in [0.05, 0.1) is 11.6 Å². The second kappa shape index (κ2) is 6.47. The zero-order valence-electron chi connectivity index (χ0n) is 9.45. The summed E-state index contributed by atoms with van der Waals surface area (Å²) in [5.74, 6) is 0.551. The number of benzene rings is 1. The van der Waals surface area contributed by atoms with E-state index in [-0.39, 0.29) is 9.92 Å². The number of halogens is 2.